The molecule has 24 heavy (non-hydrogen) atoms. The van der Waals surface area contributed by atoms with Crippen LogP contribution in [0.3, 0.4) is 0 Å². The quantitative estimate of drug-likeness (QED) is 0.687. The van der Waals surface area contributed by atoms with Crippen LogP contribution in [-0.2, 0) is 9.53 Å². The van der Waals surface area contributed by atoms with Crippen molar-refractivity contribution in [2.45, 2.75) is 53.2 Å². The van der Waals surface area contributed by atoms with Gasteiger partial charge in [-0.2, -0.15) is 5.26 Å². The van der Waals surface area contributed by atoms with Crippen molar-refractivity contribution < 1.29 is 19.4 Å². The largest absolute Gasteiger partial charge is 0.451 e. The Balaban J connectivity index is 2.76. The first-order chi connectivity index (χ1) is 11.0. The summed E-state index contributed by atoms with van der Waals surface area (Å²) in [5.41, 5.74) is 1.10. The zero-order chi connectivity index (χ0) is 18.7. The van der Waals surface area contributed by atoms with Crippen LogP contribution < -0.4 is 5.32 Å². The lowest BCUT2D eigenvalue weighted by atomic mass is 9.90. The number of aliphatic hydroxyl groups is 1. The van der Waals surface area contributed by atoms with Crippen molar-refractivity contribution in [3.8, 4) is 6.07 Å². The van der Waals surface area contributed by atoms with Crippen molar-refractivity contribution in [1.82, 2.24) is 10.3 Å². The first-order valence-electron chi connectivity index (χ1n) is 7.80. The number of rotatable bonds is 6. The van der Waals surface area contributed by atoms with E-state index >= 15 is 0 Å². The van der Waals surface area contributed by atoms with Crippen molar-refractivity contribution >= 4 is 11.9 Å². The van der Waals surface area contributed by atoms with Crippen LogP contribution in [0.4, 0.5) is 0 Å². The predicted molar refractivity (Wildman–Crippen MR) is 88.2 cm³/mol. The maximum Gasteiger partial charge on any atom is 0.355 e. The third kappa shape index (κ3) is 4.15. The molecule has 0 aliphatic rings. The molecule has 1 aromatic heterocycles. The highest BCUT2D eigenvalue weighted by Gasteiger charge is 2.30. The lowest BCUT2D eigenvalue weighted by molar-refractivity contribution is -0.125. The highest BCUT2D eigenvalue weighted by Crippen LogP contribution is 2.24. The fourth-order valence-corrected chi connectivity index (χ4v) is 2.43. The Hall–Kier alpha value is -2.33. The molecule has 0 fully saturated rings. The molecule has 0 bridgehead atoms. The number of carbonyl (C=O) groups excluding carboxylic acids is 2. The van der Waals surface area contributed by atoms with Gasteiger partial charge in [-0.3, -0.25) is 4.79 Å². The molecule has 0 saturated heterocycles. The molecule has 0 saturated carbocycles. The number of nitrogens with one attached hydrogen (secondary N) is 2. The van der Waals surface area contributed by atoms with Gasteiger partial charge < -0.3 is 20.1 Å². The molecule has 0 aromatic carbocycles. The first kappa shape index (κ1) is 19.7. The van der Waals surface area contributed by atoms with Gasteiger partial charge in [-0.15, -0.1) is 0 Å². The van der Waals surface area contributed by atoms with Gasteiger partial charge in [0, 0.05) is 11.3 Å². The number of amides is 1. The number of esters is 1. The molecule has 3 N–H and O–H groups in total. The molecule has 0 radical (unpaired) electrons. The molecule has 7 heteroatoms. The van der Waals surface area contributed by atoms with E-state index in [1.807, 2.05) is 13.8 Å². The molecule has 2 atom stereocenters. The summed E-state index contributed by atoms with van der Waals surface area (Å²) in [6.07, 6.45) is -0.714. The summed E-state index contributed by atoms with van der Waals surface area (Å²) in [5.74, 6) is -1.32. The number of hydrogen-bond donors (Lipinski definition) is 3. The Morgan fingerprint density at radius 3 is 2.38 bits per heavy atom. The number of aromatic amines is 1. The van der Waals surface area contributed by atoms with E-state index in [2.05, 4.69) is 16.4 Å². The number of carbonyl (C=O) groups is 2. The van der Waals surface area contributed by atoms with E-state index in [0.717, 1.165) is 0 Å². The Kier molecular flexibility index (Phi) is 6.16. The summed E-state index contributed by atoms with van der Waals surface area (Å²) < 4.78 is 5.02. The third-order valence-electron chi connectivity index (χ3n) is 4.24. The normalized spacial score (nSPS) is 14.6. The fourth-order valence-electron chi connectivity index (χ4n) is 2.43. The lowest BCUT2D eigenvalue weighted by Gasteiger charge is -2.27. The van der Waals surface area contributed by atoms with Gasteiger partial charge in [-0.05, 0) is 39.2 Å². The lowest BCUT2D eigenvalue weighted by Crippen LogP contribution is -2.50. The third-order valence-corrected chi connectivity index (χ3v) is 4.24. The van der Waals surface area contributed by atoms with Gasteiger partial charge in [0.1, 0.15) is 11.2 Å². The second-order valence-corrected chi connectivity index (χ2v) is 6.43. The molecule has 0 aliphatic heterocycles. The van der Waals surface area contributed by atoms with Crippen LogP contribution in [0.15, 0.2) is 0 Å². The van der Waals surface area contributed by atoms with Crippen LogP contribution in [0.1, 0.15) is 61.1 Å². The number of H-pyrrole nitrogens is 1. The van der Waals surface area contributed by atoms with E-state index in [-0.39, 0.29) is 11.6 Å². The topological polar surface area (TPSA) is 115 Å². The second kappa shape index (κ2) is 7.49. The number of aliphatic hydroxyl groups excluding tert-OH is 1. The molecule has 1 amide bonds. The van der Waals surface area contributed by atoms with E-state index in [9.17, 15) is 20.0 Å². The molecule has 1 heterocycles. The molecule has 1 rings (SSSR count). The van der Waals surface area contributed by atoms with Gasteiger partial charge in [0.15, 0.2) is 6.61 Å². The van der Waals surface area contributed by atoms with Gasteiger partial charge >= 0.3 is 5.97 Å². The summed E-state index contributed by atoms with van der Waals surface area (Å²) in [6, 6.07) is 2.05. The van der Waals surface area contributed by atoms with Crippen LogP contribution in [0.25, 0.3) is 0 Å². The average molecular weight is 335 g/mol. The minimum atomic E-state index is -1.03. The molecule has 0 aliphatic carbocycles. The van der Waals surface area contributed by atoms with Crippen molar-refractivity contribution in [1.29, 1.82) is 5.26 Å². The Morgan fingerprint density at radius 1 is 1.38 bits per heavy atom. The van der Waals surface area contributed by atoms with Crippen LogP contribution in [0.2, 0.25) is 0 Å². The van der Waals surface area contributed by atoms with Crippen molar-refractivity contribution in [2.75, 3.05) is 6.61 Å². The van der Waals surface area contributed by atoms with E-state index in [0.29, 0.717) is 16.8 Å². The van der Waals surface area contributed by atoms with Crippen LogP contribution in [0, 0.1) is 31.1 Å². The number of nitrogens with zero attached hydrogens (tertiary/aromatic N) is 1. The number of ether oxygens (including phenoxy) is 1. The van der Waals surface area contributed by atoms with E-state index < -0.39 is 30.1 Å². The number of aryl methyl sites for hydroxylation is 1. The zero-order valence-corrected chi connectivity index (χ0v) is 15.0. The maximum atomic E-state index is 12.1. The number of hydrogen-bond acceptors (Lipinski definition) is 5. The Bertz CT molecular complexity index is 670. The Labute approximate surface area is 142 Å². The van der Waals surface area contributed by atoms with Gasteiger partial charge in [0.25, 0.3) is 5.91 Å². The molecule has 132 valence electrons. The van der Waals surface area contributed by atoms with Crippen LogP contribution in [0.5, 0.6) is 0 Å². The Morgan fingerprint density at radius 2 is 1.96 bits per heavy atom. The molecule has 7 nitrogen and oxygen atoms in total. The standard InChI is InChI=1S/C17H25N3O4/c1-9(2)17(6,8-18)20-13(22)7-24-16(23)15-10(3)14(12(5)21)11(4)19-15/h9,12,19,21H,7H2,1-6H3,(H,20,22)/t12-,17+/m1/s1. The van der Waals surface area contributed by atoms with Gasteiger partial charge in [0.2, 0.25) is 0 Å². The first-order valence-corrected chi connectivity index (χ1v) is 7.80. The van der Waals surface area contributed by atoms with Crippen molar-refractivity contribution in [3.05, 3.63) is 22.5 Å². The minimum Gasteiger partial charge on any atom is -0.451 e. The number of aromatic nitrogens is 1. The predicted octanol–water partition coefficient (Wildman–Crippen LogP) is 1.90. The van der Waals surface area contributed by atoms with E-state index in [1.54, 1.807) is 27.7 Å². The molecular weight excluding hydrogens is 310 g/mol. The van der Waals surface area contributed by atoms with Crippen molar-refractivity contribution in [2.24, 2.45) is 5.92 Å². The highest BCUT2D eigenvalue weighted by molar-refractivity contribution is 5.91. The molecule has 1 aromatic rings. The molecule has 0 unspecified atom stereocenters. The number of nitriles is 1. The fraction of sp³-hybridized carbons (Fsp3) is 0.588. The van der Waals surface area contributed by atoms with E-state index in [4.69, 9.17) is 4.74 Å². The monoisotopic (exact) mass is 335 g/mol. The molecular formula is C17H25N3O4. The van der Waals surface area contributed by atoms with Gasteiger partial charge in [0.05, 0.1) is 12.2 Å². The second-order valence-electron chi connectivity index (χ2n) is 6.43. The van der Waals surface area contributed by atoms with Crippen LogP contribution >= 0.6 is 0 Å². The van der Waals surface area contributed by atoms with Gasteiger partial charge in [-0.1, -0.05) is 13.8 Å². The summed E-state index contributed by atoms with van der Waals surface area (Å²) in [5, 5.41) is 21.5. The van der Waals surface area contributed by atoms with Gasteiger partial charge in [-0.25, -0.2) is 4.79 Å². The smallest absolute Gasteiger partial charge is 0.355 e. The average Bonchev–Trinajstić information content (AvgIpc) is 2.79. The highest BCUT2D eigenvalue weighted by atomic mass is 16.5. The maximum absolute atomic E-state index is 12.1. The summed E-state index contributed by atoms with van der Waals surface area (Å²) in [6.45, 7) is 9.83. The zero-order valence-electron chi connectivity index (χ0n) is 15.0. The SMILES string of the molecule is Cc1[nH]c(C(=O)OCC(=O)N[C@@](C)(C#N)C(C)C)c(C)c1[C@@H](C)O. The van der Waals surface area contributed by atoms with E-state index in [1.165, 1.54) is 0 Å². The minimum absolute atomic E-state index is 0.0935. The molecule has 0 spiro atoms. The van der Waals surface area contributed by atoms with Crippen molar-refractivity contribution in [3.63, 3.8) is 0 Å². The van der Waals surface area contributed by atoms with Crippen LogP contribution in [-0.4, -0.2) is 34.1 Å². The summed E-state index contributed by atoms with van der Waals surface area (Å²) in [4.78, 5) is 27.0. The summed E-state index contributed by atoms with van der Waals surface area (Å²) >= 11 is 0. The summed E-state index contributed by atoms with van der Waals surface area (Å²) in [7, 11) is 0.